The smallest absolute Gasteiger partial charge is 0.131 e. The van der Waals surface area contributed by atoms with Gasteiger partial charge < -0.3 is 5.32 Å². The van der Waals surface area contributed by atoms with Crippen LogP contribution in [0.2, 0.25) is 0 Å². The Kier molecular flexibility index (Phi) is 3.92. The number of nitrogens with one attached hydrogen (secondary N) is 1. The maximum absolute atomic E-state index is 4.58. The number of anilines is 1. The summed E-state index contributed by atoms with van der Waals surface area (Å²) in [7, 11) is 1.87. The number of aromatic nitrogens is 4. The standard InChI is InChI=1S/C13H19N5/c1-4-6-12-16-11(7-13(14-3)17-12)10-8-15-18(5-2)9-10/h7-9H,4-6H2,1-3H3,(H,14,16,17). The van der Waals surface area contributed by atoms with Crippen LogP contribution in [0.3, 0.4) is 0 Å². The summed E-state index contributed by atoms with van der Waals surface area (Å²) < 4.78 is 1.90. The Bertz CT molecular complexity index is 518. The first kappa shape index (κ1) is 12.5. The molecule has 1 N–H and O–H groups in total. The molecule has 2 aromatic heterocycles. The molecule has 0 atom stereocenters. The first-order valence-electron chi connectivity index (χ1n) is 6.35. The van der Waals surface area contributed by atoms with Gasteiger partial charge in [-0.1, -0.05) is 6.92 Å². The van der Waals surface area contributed by atoms with E-state index >= 15 is 0 Å². The molecule has 0 aliphatic rings. The van der Waals surface area contributed by atoms with Crippen molar-refractivity contribution >= 4 is 5.82 Å². The second kappa shape index (κ2) is 5.62. The summed E-state index contributed by atoms with van der Waals surface area (Å²) in [5, 5.41) is 7.36. The van der Waals surface area contributed by atoms with Crippen molar-refractivity contribution < 1.29 is 0 Å². The van der Waals surface area contributed by atoms with E-state index in [-0.39, 0.29) is 0 Å². The van der Waals surface area contributed by atoms with Crippen LogP contribution in [0, 0.1) is 0 Å². The van der Waals surface area contributed by atoms with Crippen LogP contribution in [0.5, 0.6) is 0 Å². The van der Waals surface area contributed by atoms with Crippen LogP contribution in [-0.4, -0.2) is 26.8 Å². The Morgan fingerprint density at radius 1 is 1.28 bits per heavy atom. The van der Waals surface area contributed by atoms with Crippen LogP contribution in [0.1, 0.15) is 26.1 Å². The van der Waals surface area contributed by atoms with E-state index in [9.17, 15) is 0 Å². The van der Waals surface area contributed by atoms with Gasteiger partial charge in [0, 0.05) is 37.8 Å². The Balaban J connectivity index is 2.39. The molecule has 96 valence electrons. The molecule has 18 heavy (non-hydrogen) atoms. The van der Waals surface area contributed by atoms with Crippen molar-refractivity contribution in [2.75, 3.05) is 12.4 Å². The largest absolute Gasteiger partial charge is 0.373 e. The molecule has 0 aromatic carbocycles. The molecular formula is C13H19N5. The van der Waals surface area contributed by atoms with Crippen LogP contribution in [-0.2, 0) is 13.0 Å². The van der Waals surface area contributed by atoms with Gasteiger partial charge in [-0.15, -0.1) is 0 Å². The summed E-state index contributed by atoms with van der Waals surface area (Å²) in [5.41, 5.74) is 1.96. The second-order valence-corrected chi connectivity index (χ2v) is 4.14. The van der Waals surface area contributed by atoms with Gasteiger partial charge in [0.2, 0.25) is 0 Å². The summed E-state index contributed by atoms with van der Waals surface area (Å²) in [6.45, 7) is 5.06. The van der Waals surface area contributed by atoms with Crippen molar-refractivity contribution in [1.82, 2.24) is 19.7 Å². The molecule has 0 saturated carbocycles. The summed E-state index contributed by atoms with van der Waals surface area (Å²) in [6, 6.07) is 1.95. The third-order valence-electron chi connectivity index (χ3n) is 2.76. The lowest BCUT2D eigenvalue weighted by Gasteiger charge is -2.05. The molecule has 0 spiro atoms. The molecule has 0 saturated heterocycles. The Morgan fingerprint density at radius 3 is 2.72 bits per heavy atom. The maximum atomic E-state index is 4.58. The summed E-state index contributed by atoms with van der Waals surface area (Å²) >= 11 is 0. The fourth-order valence-corrected chi connectivity index (χ4v) is 1.78. The van der Waals surface area contributed by atoms with Crippen LogP contribution in [0.4, 0.5) is 5.82 Å². The number of hydrogen-bond donors (Lipinski definition) is 1. The van der Waals surface area contributed by atoms with Crippen molar-refractivity contribution in [2.24, 2.45) is 0 Å². The van der Waals surface area contributed by atoms with Crippen LogP contribution >= 0.6 is 0 Å². The molecular weight excluding hydrogens is 226 g/mol. The summed E-state index contributed by atoms with van der Waals surface area (Å²) in [5.74, 6) is 1.73. The average molecular weight is 245 g/mol. The van der Waals surface area contributed by atoms with Crippen molar-refractivity contribution in [2.45, 2.75) is 33.2 Å². The van der Waals surface area contributed by atoms with Crippen molar-refractivity contribution in [3.8, 4) is 11.3 Å². The summed E-state index contributed by atoms with van der Waals surface area (Å²) in [6.07, 6.45) is 5.80. The normalized spacial score (nSPS) is 10.6. The molecule has 0 fully saturated rings. The second-order valence-electron chi connectivity index (χ2n) is 4.14. The van der Waals surface area contributed by atoms with E-state index in [0.29, 0.717) is 0 Å². The highest BCUT2D eigenvalue weighted by Crippen LogP contribution is 2.19. The van der Waals surface area contributed by atoms with Gasteiger partial charge in [-0.3, -0.25) is 4.68 Å². The van der Waals surface area contributed by atoms with Crippen LogP contribution < -0.4 is 5.32 Å². The minimum absolute atomic E-state index is 0.854. The van der Waals surface area contributed by atoms with Crippen molar-refractivity contribution in [1.29, 1.82) is 0 Å². The zero-order valence-electron chi connectivity index (χ0n) is 11.1. The fraction of sp³-hybridized carbons (Fsp3) is 0.462. The summed E-state index contributed by atoms with van der Waals surface area (Å²) in [4.78, 5) is 9.03. The zero-order valence-corrected chi connectivity index (χ0v) is 11.1. The molecule has 2 aromatic rings. The molecule has 0 aliphatic heterocycles. The number of nitrogens with zero attached hydrogens (tertiary/aromatic N) is 4. The highest BCUT2D eigenvalue weighted by Gasteiger charge is 2.07. The van der Waals surface area contributed by atoms with Crippen molar-refractivity contribution in [3.63, 3.8) is 0 Å². The molecule has 2 rings (SSSR count). The SMILES string of the molecule is CCCc1nc(NC)cc(-c2cnn(CC)c2)n1. The van der Waals surface area contributed by atoms with Gasteiger partial charge in [-0.2, -0.15) is 5.10 Å². The van der Waals surface area contributed by atoms with E-state index in [0.717, 1.165) is 42.3 Å². The van der Waals surface area contributed by atoms with Gasteiger partial charge in [0.15, 0.2) is 0 Å². The predicted octanol–water partition coefficient (Wildman–Crippen LogP) is 2.35. The average Bonchev–Trinajstić information content (AvgIpc) is 2.87. The number of hydrogen-bond acceptors (Lipinski definition) is 4. The highest BCUT2D eigenvalue weighted by atomic mass is 15.3. The number of aryl methyl sites for hydroxylation is 2. The van der Waals surface area contributed by atoms with E-state index in [1.165, 1.54) is 0 Å². The zero-order chi connectivity index (χ0) is 13.0. The fourth-order valence-electron chi connectivity index (χ4n) is 1.78. The molecule has 0 unspecified atom stereocenters. The number of rotatable bonds is 5. The molecule has 2 heterocycles. The lowest BCUT2D eigenvalue weighted by atomic mass is 10.2. The first-order valence-corrected chi connectivity index (χ1v) is 6.35. The third-order valence-corrected chi connectivity index (χ3v) is 2.76. The van der Waals surface area contributed by atoms with Crippen LogP contribution in [0.25, 0.3) is 11.3 Å². The predicted molar refractivity (Wildman–Crippen MR) is 72.5 cm³/mol. The quantitative estimate of drug-likeness (QED) is 0.878. The Labute approximate surface area is 107 Å². The van der Waals surface area contributed by atoms with E-state index in [4.69, 9.17) is 0 Å². The Hall–Kier alpha value is -1.91. The van der Waals surface area contributed by atoms with Gasteiger partial charge in [-0.05, 0) is 13.3 Å². The van der Waals surface area contributed by atoms with Gasteiger partial charge in [0.1, 0.15) is 11.6 Å². The maximum Gasteiger partial charge on any atom is 0.131 e. The van der Waals surface area contributed by atoms with Crippen LogP contribution in [0.15, 0.2) is 18.5 Å². The van der Waals surface area contributed by atoms with Gasteiger partial charge in [0.05, 0.1) is 11.9 Å². The lowest BCUT2D eigenvalue weighted by Crippen LogP contribution is -2.01. The molecule has 0 amide bonds. The van der Waals surface area contributed by atoms with Gasteiger partial charge in [0.25, 0.3) is 0 Å². The van der Waals surface area contributed by atoms with Gasteiger partial charge >= 0.3 is 0 Å². The van der Waals surface area contributed by atoms with Gasteiger partial charge in [-0.25, -0.2) is 9.97 Å². The van der Waals surface area contributed by atoms with E-state index < -0.39 is 0 Å². The van der Waals surface area contributed by atoms with Crippen molar-refractivity contribution in [3.05, 3.63) is 24.3 Å². The minimum atomic E-state index is 0.854. The minimum Gasteiger partial charge on any atom is -0.373 e. The topological polar surface area (TPSA) is 55.6 Å². The Morgan fingerprint density at radius 2 is 2.11 bits per heavy atom. The molecule has 5 heteroatoms. The van der Waals surface area contributed by atoms with E-state index in [2.05, 4.69) is 34.2 Å². The monoisotopic (exact) mass is 245 g/mol. The molecule has 0 aliphatic carbocycles. The lowest BCUT2D eigenvalue weighted by molar-refractivity contribution is 0.660. The molecule has 0 radical (unpaired) electrons. The van der Waals surface area contributed by atoms with E-state index in [1.54, 1.807) is 0 Å². The molecule has 0 bridgehead atoms. The molecule has 5 nitrogen and oxygen atoms in total. The van der Waals surface area contributed by atoms with E-state index in [1.807, 2.05) is 30.2 Å². The highest BCUT2D eigenvalue weighted by molar-refractivity contribution is 5.60. The third kappa shape index (κ3) is 2.67. The first-order chi connectivity index (χ1) is 8.76.